The number of guanidine groups is 1. The second-order valence-corrected chi connectivity index (χ2v) is 6.79. The Bertz CT molecular complexity index is 582. The van der Waals surface area contributed by atoms with Gasteiger partial charge < -0.3 is 15.4 Å². The van der Waals surface area contributed by atoms with E-state index in [4.69, 9.17) is 4.74 Å². The number of halogens is 1. The largest absolute Gasteiger partial charge is 0.377 e. The maximum atomic E-state index is 5.35. The third-order valence-electron chi connectivity index (χ3n) is 5.31. The van der Waals surface area contributed by atoms with Gasteiger partial charge in [-0.2, -0.15) is 0 Å². The predicted octanol–water partition coefficient (Wildman–Crippen LogP) is 3.63. The first-order valence-corrected chi connectivity index (χ1v) is 9.08. The van der Waals surface area contributed by atoms with Gasteiger partial charge in [0.2, 0.25) is 0 Å². The molecule has 0 atom stereocenters. The van der Waals surface area contributed by atoms with E-state index < -0.39 is 0 Å². The number of ether oxygens (including phenoxy) is 1. The van der Waals surface area contributed by atoms with E-state index in [0.29, 0.717) is 0 Å². The molecule has 0 unspecified atom stereocenters. The van der Waals surface area contributed by atoms with E-state index in [0.717, 1.165) is 45.1 Å². The maximum absolute atomic E-state index is 5.35. The number of aliphatic imine (C=N–C) groups is 1. The molecule has 0 spiro atoms. The molecule has 0 bridgehead atoms. The quantitative estimate of drug-likeness (QED) is 0.298. The summed E-state index contributed by atoms with van der Waals surface area (Å²) in [5.74, 6) is 0.907. The second-order valence-electron chi connectivity index (χ2n) is 6.79. The van der Waals surface area contributed by atoms with Crippen LogP contribution in [0.4, 0.5) is 0 Å². The van der Waals surface area contributed by atoms with Crippen molar-refractivity contribution in [3.63, 3.8) is 0 Å². The molecule has 1 aliphatic carbocycles. The number of benzene rings is 1. The van der Waals surface area contributed by atoms with Crippen molar-refractivity contribution < 1.29 is 4.74 Å². The average molecular weight is 455 g/mol. The molecule has 0 aromatic heterocycles. The van der Waals surface area contributed by atoms with Crippen molar-refractivity contribution in [1.29, 1.82) is 0 Å². The molecular formula is C20H30IN3O. The summed E-state index contributed by atoms with van der Waals surface area (Å²) in [4.78, 5) is 4.38. The van der Waals surface area contributed by atoms with Crippen LogP contribution in [0.25, 0.3) is 0 Å². The van der Waals surface area contributed by atoms with Gasteiger partial charge >= 0.3 is 0 Å². The van der Waals surface area contributed by atoms with Crippen LogP contribution in [0.3, 0.4) is 0 Å². The van der Waals surface area contributed by atoms with Gasteiger partial charge in [-0.25, -0.2) is 0 Å². The van der Waals surface area contributed by atoms with E-state index in [-0.39, 0.29) is 29.4 Å². The molecule has 1 aliphatic heterocycles. The molecule has 1 saturated carbocycles. The fourth-order valence-electron chi connectivity index (χ4n) is 3.57. The van der Waals surface area contributed by atoms with Crippen LogP contribution in [0.5, 0.6) is 0 Å². The Balaban J connectivity index is 0.00000225. The topological polar surface area (TPSA) is 45.7 Å². The lowest BCUT2D eigenvalue weighted by molar-refractivity contribution is 0.153. The Morgan fingerprint density at radius 2 is 2.00 bits per heavy atom. The van der Waals surface area contributed by atoms with E-state index >= 15 is 0 Å². The number of hydrogen-bond donors (Lipinski definition) is 2. The Kier molecular flexibility index (Phi) is 8.22. The molecule has 1 heterocycles. The molecule has 4 nitrogen and oxygen atoms in total. The third kappa shape index (κ3) is 5.45. The minimum Gasteiger partial charge on any atom is -0.377 e. The molecule has 1 fully saturated rings. The van der Waals surface area contributed by atoms with Crippen LogP contribution in [0, 0.1) is 0 Å². The molecular weight excluding hydrogens is 425 g/mol. The van der Waals surface area contributed by atoms with Crippen molar-refractivity contribution in [2.75, 3.05) is 33.4 Å². The fourth-order valence-corrected chi connectivity index (χ4v) is 3.57. The summed E-state index contributed by atoms with van der Waals surface area (Å²) >= 11 is 0. The molecule has 3 rings (SSSR count). The van der Waals surface area contributed by atoms with E-state index in [1.165, 1.54) is 30.4 Å². The standard InChI is InChI=1S/C20H29N3O.HI/c1-21-19(22-13-8-17-9-14-24-15-10-17)23-16-20(11-5-12-20)18-6-3-2-4-7-18;/h2-4,6-7,9H,5,8,10-16H2,1H3,(H2,21,22,23);1H. The van der Waals surface area contributed by atoms with Gasteiger partial charge in [-0.15, -0.1) is 24.0 Å². The van der Waals surface area contributed by atoms with Crippen molar-refractivity contribution in [2.45, 2.75) is 37.5 Å². The summed E-state index contributed by atoms with van der Waals surface area (Å²) in [5, 5.41) is 6.99. The highest BCUT2D eigenvalue weighted by molar-refractivity contribution is 14.0. The van der Waals surface area contributed by atoms with E-state index in [1.807, 2.05) is 7.05 Å². The summed E-state index contributed by atoms with van der Waals surface area (Å²) in [6.07, 6.45) is 8.17. The Labute approximate surface area is 168 Å². The zero-order chi connectivity index (χ0) is 16.7. The zero-order valence-electron chi connectivity index (χ0n) is 15.1. The predicted molar refractivity (Wildman–Crippen MR) is 115 cm³/mol. The normalized spacial score (nSPS) is 19.2. The summed E-state index contributed by atoms with van der Waals surface area (Å²) in [7, 11) is 1.85. The molecule has 0 saturated heterocycles. The SMILES string of the molecule is CN=C(NCCC1=CCOCC1)NCC1(c2ccccc2)CCC1.I. The molecule has 1 aromatic rings. The number of rotatable bonds is 6. The van der Waals surface area contributed by atoms with Crippen molar-refractivity contribution in [3.8, 4) is 0 Å². The maximum Gasteiger partial charge on any atom is 0.191 e. The van der Waals surface area contributed by atoms with Gasteiger partial charge in [-0.1, -0.05) is 48.4 Å². The lowest BCUT2D eigenvalue weighted by Crippen LogP contribution is -2.49. The molecule has 138 valence electrons. The zero-order valence-corrected chi connectivity index (χ0v) is 17.4. The summed E-state index contributed by atoms with van der Waals surface area (Å²) < 4.78 is 5.35. The minimum atomic E-state index is 0. The van der Waals surface area contributed by atoms with Gasteiger partial charge in [0.05, 0.1) is 13.2 Å². The smallest absolute Gasteiger partial charge is 0.191 e. The molecule has 0 amide bonds. The van der Waals surface area contributed by atoms with Crippen LogP contribution in [0.2, 0.25) is 0 Å². The molecule has 5 heteroatoms. The van der Waals surface area contributed by atoms with E-state index in [9.17, 15) is 0 Å². The van der Waals surface area contributed by atoms with Gasteiger partial charge in [0.15, 0.2) is 5.96 Å². The number of hydrogen-bond acceptors (Lipinski definition) is 2. The van der Waals surface area contributed by atoms with E-state index in [1.54, 1.807) is 0 Å². The second kappa shape index (κ2) is 10.2. The van der Waals surface area contributed by atoms with Crippen molar-refractivity contribution in [1.82, 2.24) is 10.6 Å². The first-order chi connectivity index (χ1) is 11.8. The first kappa shape index (κ1) is 20.2. The van der Waals surface area contributed by atoms with Gasteiger partial charge in [-0.3, -0.25) is 4.99 Å². The minimum absolute atomic E-state index is 0. The Morgan fingerprint density at radius 3 is 2.60 bits per heavy atom. The molecule has 2 N–H and O–H groups in total. The van der Waals surface area contributed by atoms with Gasteiger partial charge in [0, 0.05) is 25.6 Å². The Morgan fingerprint density at radius 1 is 1.20 bits per heavy atom. The average Bonchev–Trinajstić information content (AvgIpc) is 2.61. The van der Waals surface area contributed by atoms with Crippen molar-refractivity contribution in [2.24, 2.45) is 4.99 Å². The van der Waals surface area contributed by atoms with Crippen molar-refractivity contribution in [3.05, 3.63) is 47.5 Å². The summed E-state index contributed by atoms with van der Waals surface area (Å²) in [6.45, 7) is 3.50. The molecule has 2 aliphatic rings. The van der Waals surface area contributed by atoms with Crippen LogP contribution in [0.15, 0.2) is 47.0 Å². The summed E-state index contributed by atoms with van der Waals surface area (Å²) in [5.41, 5.74) is 3.22. The highest BCUT2D eigenvalue weighted by atomic mass is 127. The van der Waals surface area contributed by atoms with E-state index in [2.05, 4.69) is 52.0 Å². The molecule has 1 aromatic carbocycles. The van der Waals surface area contributed by atoms with Gasteiger partial charge in [-0.05, 0) is 31.2 Å². The van der Waals surface area contributed by atoms with Crippen LogP contribution in [-0.4, -0.2) is 39.3 Å². The van der Waals surface area contributed by atoms with Crippen LogP contribution >= 0.6 is 24.0 Å². The fraction of sp³-hybridized carbons (Fsp3) is 0.550. The summed E-state index contributed by atoms with van der Waals surface area (Å²) in [6, 6.07) is 10.9. The first-order valence-electron chi connectivity index (χ1n) is 9.08. The van der Waals surface area contributed by atoms with Crippen LogP contribution in [0.1, 0.15) is 37.7 Å². The lowest BCUT2D eigenvalue weighted by Gasteiger charge is -2.43. The lowest BCUT2D eigenvalue weighted by atomic mass is 9.64. The third-order valence-corrected chi connectivity index (χ3v) is 5.31. The van der Waals surface area contributed by atoms with Gasteiger partial charge in [0.1, 0.15) is 0 Å². The highest BCUT2D eigenvalue weighted by Gasteiger charge is 2.38. The monoisotopic (exact) mass is 455 g/mol. The highest BCUT2D eigenvalue weighted by Crippen LogP contribution is 2.43. The number of nitrogens with one attached hydrogen (secondary N) is 2. The van der Waals surface area contributed by atoms with Crippen LogP contribution < -0.4 is 10.6 Å². The molecule has 0 radical (unpaired) electrons. The Hall–Kier alpha value is -1.08. The van der Waals surface area contributed by atoms with Gasteiger partial charge in [0.25, 0.3) is 0 Å². The van der Waals surface area contributed by atoms with Crippen LogP contribution in [-0.2, 0) is 10.2 Å². The van der Waals surface area contributed by atoms with Crippen molar-refractivity contribution >= 4 is 29.9 Å². The number of nitrogens with zero attached hydrogens (tertiary/aromatic N) is 1. The molecule has 25 heavy (non-hydrogen) atoms.